The van der Waals surface area contributed by atoms with Crippen LogP contribution in [-0.2, 0) is 11.3 Å². The van der Waals surface area contributed by atoms with Crippen molar-refractivity contribution in [1.82, 2.24) is 9.80 Å². The number of nitrogens with zero attached hydrogens (tertiary/aromatic N) is 2. The van der Waals surface area contributed by atoms with Gasteiger partial charge in [0.05, 0.1) is 13.2 Å². The fraction of sp³-hybridized carbons (Fsp3) is 0.769. The van der Waals surface area contributed by atoms with Crippen LogP contribution in [0.5, 0.6) is 5.75 Å². The zero-order valence-corrected chi connectivity index (χ0v) is 19.1. The van der Waals surface area contributed by atoms with Gasteiger partial charge in [-0.05, 0) is 74.2 Å². The summed E-state index contributed by atoms with van der Waals surface area (Å²) in [5, 5.41) is 0. The number of likely N-dealkylation sites (tertiary alicyclic amines) is 2. The van der Waals surface area contributed by atoms with Gasteiger partial charge < -0.3 is 14.4 Å². The second-order valence-corrected chi connectivity index (χ2v) is 9.72. The molecule has 2 aliphatic heterocycles. The molecule has 4 heteroatoms. The number of hydrogen-bond donors (Lipinski definition) is 0. The van der Waals surface area contributed by atoms with E-state index in [-0.39, 0.29) is 0 Å². The van der Waals surface area contributed by atoms with Crippen LogP contribution in [-0.4, -0.2) is 62.3 Å². The van der Waals surface area contributed by atoms with Gasteiger partial charge in [0.2, 0.25) is 0 Å². The number of benzene rings is 1. The van der Waals surface area contributed by atoms with Crippen LogP contribution < -0.4 is 4.74 Å². The van der Waals surface area contributed by atoms with E-state index in [2.05, 4.69) is 41.0 Å². The summed E-state index contributed by atoms with van der Waals surface area (Å²) in [7, 11) is 0. The van der Waals surface area contributed by atoms with E-state index >= 15 is 0 Å². The van der Waals surface area contributed by atoms with E-state index in [4.69, 9.17) is 9.47 Å². The first-order valence-electron chi connectivity index (χ1n) is 12.6. The third-order valence-corrected chi connectivity index (χ3v) is 7.32. The highest BCUT2D eigenvalue weighted by Gasteiger charge is 2.55. The lowest BCUT2D eigenvalue weighted by molar-refractivity contribution is 0.0967. The first kappa shape index (κ1) is 22.1. The molecule has 3 fully saturated rings. The minimum Gasteiger partial charge on any atom is -0.494 e. The van der Waals surface area contributed by atoms with E-state index in [1.165, 1.54) is 76.8 Å². The van der Waals surface area contributed by atoms with Crippen molar-refractivity contribution in [2.75, 3.05) is 52.5 Å². The Labute approximate surface area is 183 Å². The third kappa shape index (κ3) is 6.45. The molecule has 4 rings (SSSR count). The molecule has 1 aromatic carbocycles. The summed E-state index contributed by atoms with van der Waals surface area (Å²) in [6.07, 6.45) is 9.04. The first-order valence-corrected chi connectivity index (χ1v) is 12.6. The van der Waals surface area contributed by atoms with Crippen molar-refractivity contribution in [3.63, 3.8) is 0 Å². The minimum absolute atomic E-state index is 0.829. The molecule has 30 heavy (non-hydrogen) atoms. The molecule has 0 spiro atoms. The highest BCUT2D eigenvalue weighted by Crippen LogP contribution is 2.52. The van der Waals surface area contributed by atoms with E-state index in [9.17, 15) is 0 Å². The molecule has 0 radical (unpaired) electrons. The average Bonchev–Trinajstić information content (AvgIpc) is 3.23. The highest BCUT2D eigenvalue weighted by atomic mass is 16.5. The molecule has 3 atom stereocenters. The predicted molar refractivity (Wildman–Crippen MR) is 123 cm³/mol. The minimum atomic E-state index is 0.829. The van der Waals surface area contributed by atoms with Gasteiger partial charge in [-0.2, -0.15) is 0 Å². The van der Waals surface area contributed by atoms with Crippen molar-refractivity contribution in [3.8, 4) is 5.75 Å². The van der Waals surface area contributed by atoms with Gasteiger partial charge in [-0.25, -0.2) is 0 Å². The summed E-state index contributed by atoms with van der Waals surface area (Å²) < 4.78 is 11.9. The number of unbranched alkanes of at least 4 members (excludes halogenated alkanes) is 2. The molecule has 1 unspecified atom stereocenters. The molecule has 1 saturated carbocycles. The Balaban J connectivity index is 1.05. The van der Waals surface area contributed by atoms with Gasteiger partial charge in [0.25, 0.3) is 0 Å². The lowest BCUT2D eigenvalue weighted by Crippen LogP contribution is -2.31. The molecule has 0 N–H and O–H groups in total. The molecule has 2 saturated heterocycles. The third-order valence-electron chi connectivity index (χ3n) is 7.32. The second kappa shape index (κ2) is 11.5. The molecule has 168 valence electrons. The molecule has 4 nitrogen and oxygen atoms in total. The molecular weight excluding hydrogens is 372 g/mol. The van der Waals surface area contributed by atoms with Crippen LogP contribution in [0.2, 0.25) is 0 Å². The van der Waals surface area contributed by atoms with Crippen LogP contribution in [0.15, 0.2) is 24.3 Å². The summed E-state index contributed by atoms with van der Waals surface area (Å²) in [4.78, 5) is 5.24. The number of fused-ring (bicyclic) bond motifs is 1. The second-order valence-electron chi connectivity index (χ2n) is 9.72. The standard InChI is InChI=1S/C26H42N2O2/c1-2-3-7-17-30-23-11-9-22(10-12-23)18-28-19-24-25(20-28)26(24)21-29-16-8-15-27-13-5-4-6-14-27/h9-12,24-26H,2-8,13-21H2,1H3/t24-,25+,26?. The highest BCUT2D eigenvalue weighted by molar-refractivity contribution is 5.27. The summed E-state index contributed by atoms with van der Waals surface area (Å²) in [5.41, 5.74) is 1.41. The molecule has 0 aromatic heterocycles. The summed E-state index contributed by atoms with van der Waals surface area (Å²) in [6.45, 7) is 12.4. The zero-order chi connectivity index (χ0) is 20.6. The van der Waals surface area contributed by atoms with Crippen LogP contribution in [0.1, 0.15) is 57.4 Å². The summed E-state index contributed by atoms with van der Waals surface area (Å²) >= 11 is 0. The first-order chi connectivity index (χ1) is 14.8. The number of hydrogen-bond acceptors (Lipinski definition) is 4. The van der Waals surface area contributed by atoms with Crippen molar-refractivity contribution >= 4 is 0 Å². The van der Waals surface area contributed by atoms with Crippen molar-refractivity contribution in [2.24, 2.45) is 17.8 Å². The molecule has 0 bridgehead atoms. The van der Waals surface area contributed by atoms with Crippen LogP contribution in [0, 0.1) is 17.8 Å². The summed E-state index contributed by atoms with van der Waals surface area (Å²) in [5.74, 6) is 3.60. The zero-order valence-electron chi connectivity index (χ0n) is 19.1. The largest absolute Gasteiger partial charge is 0.494 e. The Morgan fingerprint density at radius 1 is 0.867 bits per heavy atom. The molecule has 3 aliphatic rings. The van der Waals surface area contributed by atoms with Gasteiger partial charge in [0.15, 0.2) is 0 Å². The Hall–Kier alpha value is -1.10. The van der Waals surface area contributed by atoms with E-state index in [1.54, 1.807) is 0 Å². The average molecular weight is 415 g/mol. The maximum absolute atomic E-state index is 6.04. The van der Waals surface area contributed by atoms with Gasteiger partial charge in [0.1, 0.15) is 5.75 Å². The Morgan fingerprint density at radius 3 is 2.37 bits per heavy atom. The SMILES string of the molecule is CCCCCOc1ccc(CN2C[C@@H]3C(COCCCN4CCCCC4)[C@@H]3C2)cc1. The van der Waals surface area contributed by atoms with Gasteiger partial charge in [0, 0.05) is 32.8 Å². The Bertz CT molecular complexity index is 602. The maximum atomic E-state index is 6.04. The maximum Gasteiger partial charge on any atom is 0.119 e. The Morgan fingerprint density at radius 2 is 1.63 bits per heavy atom. The van der Waals surface area contributed by atoms with Gasteiger partial charge in [-0.15, -0.1) is 0 Å². The van der Waals surface area contributed by atoms with E-state index in [1.807, 2.05) is 0 Å². The van der Waals surface area contributed by atoms with Gasteiger partial charge >= 0.3 is 0 Å². The monoisotopic (exact) mass is 414 g/mol. The molecule has 2 heterocycles. The fourth-order valence-corrected chi connectivity index (χ4v) is 5.40. The van der Waals surface area contributed by atoms with E-state index in [0.717, 1.165) is 56.3 Å². The summed E-state index contributed by atoms with van der Waals surface area (Å²) in [6, 6.07) is 8.75. The van der Waals surface area contributed by atoms with Crippen LogP contribution in [0.3, 0.4) is 0 Å². The van der Waals surface area contributed by atoms with Crippen LogP contribution in [0.25, 0.3) is 0 Å². The molecule has 1 aromatic rings. The van der Waals surface area contributed by atoms with Crippen LogP contribution in [0.4, 0.5) is 0 Å². The lowest BCUT2D eigenvalue weighted by Gasteiger charge is -2.26. The Kier molecular flexibility index (Phi) is 8.47. The lowest BCUT2D eigenvalue weighted by atomic mass is 10.1. The molecule has 1 aliphatic carbocycles. The quantitative estimate of drug-likeness (QED) is 0.432. The predicted octanol–water partition coefficient (Wildman–Crippen LogP) is 4.83. The van der Waals surface area contributed by atoms with Crippen molar-refractivity contribution in [1.29, 1.82) is 0 Å². The normalized spacial score (nSPS) is 26.6. The molecule has 0 amide bonds. The number of rotatable bonds is 13. The van der Waals surface area contributed by atoms with Crippen molar-refractivity contribution in [3.05, 3.63) is 29.8 Å². The topological polar surface area (TPSA) is 24.9 Å². The van der Waals surface area contributed by atoms with E-state index in [0.29, 0.717) is 0 Å². The smallest absolute Gasteiger partial charge is 0.119 e. The number of ether oxygens (including phenoxy) is 2. The van der Waals surface area contributed by atoms with Crippen molar-refractivity contribution < 1.29 is 9.47 Å². The van der Waals surface area contributed by atoms with E-state index < -0.39 is 0 Å². The van der Waals surface area contributed by atoms with Crippen LogP contribution >= 0.6 is 0 Å². The number of piperidine rings is 2. The fourth-order valence-electron chi connectivity index (χ4n) is 5.40. The van der Waals surface area contributed by atoms with Crippen molar-refractivity contribution in [2.45, 2.75) is 58.4 Å². The van der Waals surface area contributed by atoms with Gasteiger partial charge in [-0.1, -0.05) is 38.3 Å². The molecular formula is C26H42N2O2. The van der Waals surface area contributed by atoms with Gasteiger partial charge in [-0.3, -0.25) is 4.90 Å².